The van der Waals surface area contributed by atoms with Gasteiger partial charge in [0.1, 0.15) is 4.87 Å². The predicted molar refractivity (Wildman–Crippen MR) is 73.5 cm³/mol. The summed E-state index contributed by atoms with van der Waals surface area (Å²) in [4.78, 5) is 0.404. The van der Waals surface area contributed by atoms with Crippen LogP contribution in [-0.4, -0.2) is 4.87 Å². The monoisotopic (exact) mass is 248 g/mol. The molecule has 82 valence electrons. The zero-order chi connectivity index (χ0) is 11.4. The molecule has 0 fully saturated rings. The van der Waals surface area contributed by atoms with Gasteiger partial charge in [0.25, 0.3) is 0 Å². The average molecular weight is 248 g/mol. The summed E-state index contributed by atoms with van der Waals surface area (Å²) in [5.74, 6) is 0. The maximum Gasteiger partial charge on any atom is 0.146 e. The van der Waals surface area contributed by atoms with Gasteiger partial charge in [-0.15, -0.1) is 25.3 Å². The Morgan fingerprint density at radius 2 is 1.94 bits per heavy atom. The summed E-state index contributed by atoms with van der Waals surface area (Å²) in [5, 5.41) is 8.41. The lowest BCUT2D eigenvalue weighted by Crippen LogP contribution is -2.15. The quantitative estimate of drug-likeness (QED) is 0.580. The Labute approximate surface area is 106 Å². The van der Waals surface area contributed by atoms with E-state index in [4.69, 9.17) is 0 Å². The molecule has 16 heavy (non-hydrogen) atoms. The molecule has 1 aromatic rings. The molecule has 2 rings (SSSR count). The first-order valence-corrected chi connectivity index (χ1v) is 5.86. The van der Waals surface area contributed by atoms with E-state index in [0.717, 1.165) is 10.6 Å². The first kappa shape index (κ1) is 11.5. The minimum atomic E-state index is -0.540. The van der Waals surface area contributed by atoms with Gasteiger partial charge in [0, 0.05) is 6.42 Å². The van der Waals surface area contributed by atoms with Crippen molar-refractivity contribution in [3.05, 3.63) is 53.5 Å². The molecule has 1 aliphatic rings. The van der Waals surface area contributed by atoms with Crippen LogP contribution in [0.5, 0.6) is 0 Å². The molecule has 1 unspecified atom stereocenters. The molecular formula is C12H12N2S2. The van der Waals surface area contributed by atoms with Crippen LogP contribution in [0.2, 0.25) is 0 Å². The van der Waals surface area contributed by atoms with Crippen LogP contribution in [0.4, 0.5) is 5.69 Å². The molecule has 2 nitrogen and oxygen atoms in total. The highest BCUT2D eigenvalue weighted by Gasteiger charge is 2.22. The molecule has 0 saturated heterocycles. The van der Waals surface area contributed by atoms with Crippen LogP contribution in [0.3, 0.4) is 0 Å². The van der Waals surface area contributed by atoms with E-state index in [0.29, 0.717) is 6.42 Å². The molecule has 0 N–H and O–H groups in total. The number of benzene rings is 1. The lowest BCUT2D eigenvalue weighted by Gasteiger charge is -2.19. The third-order valence-electron chi connectivity index (χ3n) is 2.23. The van der Waals surface area contributed by atoms with Crippen LogP contribution < -0.4 is 0 Å². The summed E-state index contributed by atoms with van der Waals surface area (Å²) in [6, 6.07) is 9.63. The number of hydrogen-bond donors (Lipinski definition) is 2. The minimum absolute atomic E-state index is 0.540. The Bertz CT molecular complexity index is 451. The van der Waals surface area contributed by atoms with Gasteiger partial charge in [-0.1, -0.05) is 24.3 Å². The van der Waals surface area contributed by atoms with Crippen LogP contribution in [-0.2, 0) is 0 Å². The molecule has 0 amide bonds. The Morgan fingerprint density at radius 1 is 1.19 bits per heavy atom. The molecule has 1 aliphatic carbocycles. The van der Waals surface area contributed by atoms with Crippen molar-refractivity contribution in [2.24, 2.45) is 10.2 Å². The molecule has 0 spiro atoms. The van der Waals surface area contributed by atoms with Gasteiger partial charge >= 0.3 is 0 Å². The smallest absolute Gasteiger partial charge is 0.146 e. The van der Waals surface area contributed by atoms with Crippen molar-refractivity contribution in [2.75, 3.05) is 0 Å². The number of rotatable bonds is 2. The number of hydrogen-bond acceptors (Lipinski definition) is 4. The third-order valence-corrected chi connectivity index (χ3v) is 2.98. The molecule has 0 aliphatic heterocycles. The first-order chi connectivity index (χ1) is 7.68. The minimum Gasteiger partial charge on any atom is -0.166 e. The molecule has 0 aromatic heterocycles. The zero-order valence-electron chi connectivity index (χ0n) is 8.61. The second kappa shape index (κ2) is 4.89. The van der Waals surface area contributed by atoms with Crippen molar-refractivity contribution in [3.8, 4) is 0 Å². The highest BCUT2D eigenvalue weighted by molar-refractivity contribution is 7.84. The highest BCUT2D eigenvalue weighted by Crippen LogP contribution is 2.31. The van der Waals surface area contributed by atoms with E-state index in [2.05, 4.69) is 35.5 Å². The van der Waals surface area contributed by atoms with E-state index >= 15 is 0 Å². The van der Waals surface area contributed by atoms with Crippen molar-refractivity contribution < 1.29 is 0 Å². The van der Waals surface area contributed by atoms with Gasteiger partial charge in [-0.3, -0.25) is 0 Å². The fourth-order valence-corrected chi connectivity index (χ4v) is 1.70. The fourth-order valence-electron chi connectivity index (χ4n) is 1.32. The second-order valence-electron chi connectivity index (χ2n) is 3.58. The van der Waals surface area contributed by atoms with Gasteiger partial charge in [0.2, 0.25) is 0 Å². The first-order valence-electron chi connectivity index (χ1n) is 4.97. The average Bonchev–Trinajstić information content (AvgIpc) is 2.33. The Morgan fingerprint density at radius 3 is 2.56 bits per heavy atom. The van der Waals surface area contributed by atoms with Crippen molar-refractivity contribution in [1.29, 1.82) is 0 Å². The van der Waals surface area contributed by atoms with Crippen molar-refractivity contribution in [1.82, 2.24) is 0 Å². The van der Waals surface area contributed by atoms with Crippen molar-refractivity contribution in [3.63, 3.8) is 0 Å². The fraction of sp³-hybridized carbons (Fsp3) is 0.167. The van der Waals surface area contributed by atoms with E-state index < -0.39 is 4.87 Å². The summed E-state index contributed by atoms with van der Waals surface area (Å²) in [7, 11) is 0. The van der Waals surface area contributed by atoms with Crippen LogP contribution in [0.1, 0.15) is 6.42 Å². The Balaban J connectivity index is 2.11. The number of allylic oxidation sites excluding steroid dienone is 1. The molecular weight excluding hydrogens is 236 g/mol. The van der Waals surface area contributed by atoms with E-state index in [1.54, 1.807) is 0 Å². The third kappa shape index (κ3) is 3.00. The molecule has 0 radical (unpaired) electrons. The Kier molecular flexibility index (Phi) is 3.51. The SMILES string of the molecule is SC1=CCC(S)(N=Nc2ccccc2)C=C1. The highest BCUT2D eigenvalue weighted by atomic mass is 32.1. The summed E-state index contributed by atoms with van der Waals surface area (Å²) < 4.78 is 0. The van der Waals surface area contributed by atoms with Crippen molar-refractivity contribution in [2.45, 2.75) is 11.3 Å². The number of azo groups is 1. The molecule has 0 heterocycles. The van der Waals surface area contributed by atoms with Gasteiger partial charge < -0.3 is 0 Å². The van der Waals surface area contributed by atoms with Crippen LogP contribution in [0, 0.1) is 0 Å². The van der Waals surface area contributed by atoms with Crippen LogP contribution >= 0.6 is 25.3 Å². The second-order valence-corrected chi connectivity index (χ2v) is 4.87. The maximum absolute atomic E-state index is 4.50. The summed E-state index contributed by atoms with van der Waals surface area (Å²) in [5.41, 5.74) is 0.838. The topological polar surface area (TPSA) is 24.7 Å². The maximum atomic E-state index is 4.50. The van der Waals surface area contributed by atoms with E-state index in [-0.39, 0.29) is 0 Å². The zero-order valence-corrected chi connectivity index (χ0v) is 10.4. The van der Waals surface area contributed by atoms with E-state index in [1.807, 2.05) is 48.6 Å². The van der Waals surface area contributed by atoms with E-state index in [1.165, 1.54) is 0 Å². The molecule has 1 aromatic carbocycles. The van der Waals surface area contributed by atoms with Gasteiger partial charge in [0.15, 0.2) is 0 Å². The Hall–Kier alpha value is -1.00. The lowest BCUT2D eigenvalue weighted by molar-refractivity contribution is 0.720. The standard InChI is InChI=1S/C12H12N2S2/c15-11-6-8-12(16,9-7-11)14-13-10-4-2-1-3-5-10/h1-8,15-16H,9H2. The molecule has 0 saturated carbocycles. The summed E-state index contributed by atoms with van der Waals surface area (Å²) in [6.45, 7) is 0. The van der Waals surface area contributed by atoms with Crippen molar-refractivity contribution >= 4 is 30.9 Å². The summed E-state index contributed by atoms with van der Waals surface area (Å²) >= 11 is 8.74. The largest absolute Gasteiger partial charge is 0.166 e. The van der Waals surface area contributed by atoms with Crippen LogP contribution in [0.15, 0.2) is 63.7 Å². The molecule has 1 atom stereocenters. The van der Waals surface area contributed by atoms with E-state index in [9.17, 15) is 0 Å². The normalized spacial score (nSPS) is 24.8. The van der Waals surface area contributed by atoms with Gasteiger partial charge in [-0.05, 0) is 29.2 Å². The molecule has 4 heteroatoms. The van der Waals surface area contributed by atoms with Gasteiger partial charge in [-0.25, -0.2) is 0 Å². The van der Waals surface area contributed by atoms with Crippen LogP contribution in [0.25, 0.3) is 0 Å². The number of nitrogens with zero attached hydrogens (tertiary/aromatic N) is 2. The molecule has 0 bridgehead atoms. The van der Waals surface area contributed by atoms with Gasteiger partial charge in [-0.2, -0.15) is 10.2 Å². The number of thiol groups is 2. The lowest BCUT2D eigenvalue weighted by atomic mass is 10.1. The summed E-state index contributed by atoms with van der Waals surface area (Å²) in [6.07, 6.45) is 6.50. The van der Waals surface area contributed by atoms with Gasteiger partial charge in [0.05, 0.1) is 5.69 Å². The predicted octanol–water partition coefficient (Wildman–Crippen LogP) is 4.17.